The minimum absolute atomic E-state index is 0.816. The van der Waals surface area contributed by atoms with Crippen LogP contribution in [0, 0.1) is 13.8 Å². The monoisotopic (exact) mass is 421 g/mol. The van der Waals surface area contributed by atoms with Gasteiger partial charge in [0.05, 0.1) is 7.11 Å². The van der Waals surface area contributed by atoms with Crippen molar-refractivity contribution in [3.05, 3.63) is 69.9 Å². The first kappa shape index (κ1) is 19.7. The fourth-order valence-electron chi connectivity index (χ4n) is 3.28. The van der Waals surface area contributed by atoms with Gasteiger partial charge in [-0.3, -0.25) is 0 Å². The highest BCUT2D eigenvalue weighted by atomic mass is 32.2. The smallest absolute Gasteiger partial charge is 0.191 e. The molecule has 0 saturated carbocycles. The van der Waals surface area contributed by atoms with Crippen molar-refractivity contribution >= 4 is 23.1 Å². The van der Waals surface area contributed by atoms with Crippen molar-refractivity contribution in [3.8, 4) is 28.3 Å². The number of nitrogens with zero attached hydrogens (tertiary/aromatic N) is 3. The molecule has 4 aromatic rings. The molecule has 4 nitrogen and oxygen atoms in total. The number of hydrogen-bond acceptors (Lipinski definition) is 5. The van der Waals surface area contributed by atoms with Crippen molar-refractivity contribution < 1.29 is 4.74 Å². The zero-order chi connectivity index (χ0) is 20.4. The number of hydrogen-bond donors (Lipinski definition) is 0. The summed E-state index contributed by atoms with van der Waals surface area (Å²) >= 11 is 3.44. The number of ether oxygens (including phenoxy) is 1. The van der Waals surface area contributed by atoms with E-state index in [1.165, 1.54) is 27.1 Å². The number of benzene rings is 2. The van der Waals surface area contributed by atoms with Crippen LogP contribution in [0.25, 0.3) is 22.5 Å². The predicted molar refractivity (Wildman–Crippen MR) is 122 cm³/mol. The van der Waals surface area contributed by atoms with Gasteiger partial charge in [-0.2, -0.15) is 0 Å². The van der Waals surface area contributed by atoms with Gasteiger partial charge in [0.25, 0.3) is 0 Å². The SMILES string of the molecule is COc1cccc(CSc2nnc(-c3csc(C)c3-c3ccc(C)cc3)n2C)c1. The Morgan fingerprint density at radius 2 is 1.86 bits per heavy atom. The number of aryl methyl sites for hydroxylation is 2. The molecular weight excluding hydrogens is 398 g/mol. The van der Waals surface area contributed by atoms with E-state index in [1.807, 2.05) is 19.2 Å². The van der Waals surface area contributed by atoms with Crippen molar-refractivity contribution in [2.75, 3.05) is 7.11 Å². The van der Waals surface area contributed by atoms with Crippen LogP contribution in [0.4, 0.5) is 0 Å². The summed E-state index contributed by atoms with van der Waals surface area (Å²) in [4.78, 5) is 1.29. The van der Waals surface area contributed by atoms with Crippen LogP contribution in [0.5, 0.6) is 5.75 Å². The molecule has 0 fully saturated rings. The molecule has 2 aromatic carbocycles. The second kappa shape index (κ2) is 8.43. The Hall–Kier alpha value is -2.57. The molecule has 2 aromatic heterocycles. The van der Waals surface area contributed by atoms with Gasteiger partial charge in [-0.05, 0) is 37.1 Å². The molecule has 0 amide bonds. The molecular formula is C23H23N3OS2. The lowest BCUT2D eigenvalue weighted by Crippen LogP contribution is -1.96. The fraction of sp³-hybridized carbons (Fsp3) is 0.217. The lowest BCUT2D eigenvalue weighted by atomic mass is 10.0. The molecule has 6 heteroatoms. The van der Waals surface area contributed by atoms with Gasteiger partial charge in [0, 0.05) is 34.2 Å². The van der Waals surface area contributed by atoms with Gasteiger partial charge in [-0.25, -0.2) is 0 Å². The third-order valence-corrected chi connectivity index (χ3v) is 6.90. The summed E-state index contributed by atoms with van der Waals surface area (Å²) in [5, 5.41) is 12.1. The van der Waals surface area contributed by atoms with E-state index in [0.717, 1.165) is 28.0 Å². The van der Waals surface area contributed by atoms with Crippen molar-refractivity contribution in [2.24, 2.45) is 7.05 Å². The summed E-state index contributed by atoms with van der Waals surface area (Å²) < 4.78 is 7.40. The van der Waals surface area contributed by atoms with Gasteiger partial charge in [0.1, 0.15) is 5.75 Å². The van der Waals surface area contributed by atoms with Gasteiger partial charge < -0.3 is 9.30 Å². The molecule has 4 rings (SSSR count). The summed E-state index contributed by atoms with van der Waals surface area (Å²) in [6, 6.07) is 16.8. The average molecular weight is 422 g/mol. The Morgan fingerprint density at radius 1 is 1.07 bits per heavy atom. The molecule has 2 heterocycles. The van der Waals surface area contributed by atoms with Crippen molar-refractivity contribution in [1.29, 1.82) is 0 Å². The lowest BCUT2D eigenvalue weighted by molar-refractivity contribution is 0.414. The largest absolute Gasteiger partial charge is 0.497 e. The van der Waals surface area contributed by atoms with Crippen LogP contribution in [0.2, 0.25) is 0 Å². The highest BCUT2D eigenvalue weighted by Gasteiger charge is 2.19. The summed E-state index contributed by atoms with van der Waals surface area (Å²) in [7, 11) is 3.73. The maximum absolute atomic E-state index is 5.32. The number of thioether (sulfide) groups is 1. The maximum atomic E-state index is 5.32. The topological polar surface area (TPSA) is 39.9 Å². The van der Waals surface area contributed by atoms with E-state index < -0.39 is 0 Å². The molecule has 0 aliphatic heterocycles. The van der Waals surface area contributed by atoms with Crippen molar-refractivity contribution in [3.63, 3.8) is 0 Å². The molecule has 0 aliphatic rings. The van der Waals surface area contributed by atoms with E-state index in [-0.39, 0.29) is 0 Å². The van der Waals surface area contributed by atoms with Gasteiger partial charge in [-0.1, -0.05) is 53.7 Å². The van der Waals surface area contributed by atoms with Crippen LogP contribution < -0.4 is 4.74 Å². The van der Waals surface area contributed by atoms with E-state index in [1.54, 1.807) is 30.2 Å². The van der Waals surface area contributed by atoms with Crippen LogP contribution in [-0.2, 0) is 12.8 Å². The predicted octanol–water partition coefficient (Wildman–Crippen LogP) is 6.13. The molecule has 0 unspecified atom stereocenters. The molecule has 0 spiro atoms. The summed E-state index contributed by atoms with van der Waals surface area (Å²) in [6.07, 6.45) is 0. The van der Waals surface area contributed by atoms with Gasteiger partial charge >= 0.3 is 0 Å². The van der Waals surface area contributed by atoms with Crippen molar-refractivity contribution in [2.45, 2.75) is 24.8 Å². The molecule has 0 atom stereocenters. The minimum atomic E-state index is 0.816. The second-order valence-corrected chi connectivity index (χ2v) is 8.98. The van der Waals surface area contributed by atoms with E-state index in [2.05, 4.69) is 70.4 Å². The summed E-state index contributed by atoms with van der Waals surface area (Å²) in [5.41, 5.74) is 6.07. The van der Waals surface area contributed by atoms with Crippen LogP contribution in [-0.4, -0.2) is 21.9 Å². The first-order valence-electron chi connectivity index (χ1n) is 9.37. The number of aromatic nitrogens is 3. The van der Waals surface area contributed by atoms with E-state index in [0.29, 0.717) is 0 Å². The third-order valence-electron chi connectivity index (χ3n) is 4.89. The maximum Gasteiger partial charge on any atom is 0.191 e. The first-order valence-corrected chi connectivity index (χ1v) is 11.2. The second-order valence-electron chi connectivity index (χ2n) is 6.95. The molecule has 0 radical (unpaired) electrons. The van der Waals surface area contributed by atoms with Crippen LogP contribution >= 0.6 is 23.1 Å². The Balaban J connectivity index is 1.61. The third kappa shape index (κ3) is 4.09. The van der Waals surface area contributed by atoms with E-state index in [4.69, 9.17) is 4.74 Å². The normalized spacial score (nSPS) is 11.0. The Labute approximate surface area is 179 Å². The van der Waals surface area contributed by atoms with Crippen LogP contribution in [0.1, 0.15) is 16.0 Å². The van der Waals surface area contributed by atoms with Gasteiger partial charge in [0.2, 0.25) is 0 Å². The number of rotatable bonds is 6. The molecule has 148 valence electrons. The Kier molecular flexibility index (Phi) is 5.74. The zero-order valence-electron chi connectivity index (χ0n) is 17.0. The Morgan fingerprint density at radius 3 is 2.62 bits per heavy atom. The number of thiophene rings is 1. The molecule has 0 aliphatic carbocycles. The standard InChI is InChI=1S/C23H23N3OS2/c1-15-8-10-18(11-9-15)21-16(2)28-14-20(21)22-24-25-23(26(22)3)29-13-17-6-5-7-19(12-17)27-4/h5-12,14H,13H2,1-4H3. The average Bonchev–Trinajstić information content (AvgIpc) is 3.29. The molecule has 29 heavy (non-hydrogen) atoms. The van der Waals surface area contributed by atoms with E-state index >= 15 is 0 Å². The summed E-state index contributed by atoms with van der Waals surface area (Å²) in [6.45, 7) is 4.28. The van der Waals surface area contributed by atoms with Crippen molar-refractivity contribution in [1.82, 2.24) is 14.8 Å². The zero-order valence-corrected chi connectivity index (χ0v) is 18.6. The molecule has 0 bridgehead atoms. The van der Waals surface area contributed by atoms with Gasteiger partial charge in [0.15, 0.2) is 11.0 Å². The van der Waals surface area contributed by atoms with Crippen LogP contribution in [0.3, 0.4) is 0 Å². The van der Waals surface area contributed by atoms with Crippen LogP contribution in [0.15, 0.2) is 59.1 Å². The molecule has 0 N–H and O–H groups in total. The highest BCUT2D eigenvalue weighted by Crippen LogP contribution is 2.39. The first-order chi connectivity index (χ1) is 14.1. The lowest BCUT2D eigenvalue weighted by Gasteiger charge is -2.08. The quantitative estimate of drug-likeness (QED) is 0.351. The minimum Gasteiger partial charge on any atom is -0.497 e. The molecule has 0 saturated heterocycles. The number of methoxy groups -OCH3 is 1. The van der Waals surface area contributed by atoms with Gasteiger partial charge in [-0.15, -0.1) is 21.5 Å². The highest BCUT2D eigenvalue weighted by molar-refractivity contribution is 7.98. The summed E-state index contributed by atoms with van der Waals surface area (Å²) in [5.74, 6) is 2.59. The fourth-order valence-corrected chi connectivity index (χ4v) is 5.00. The Bertz CT molecular complexity index is 1130. The van der Waals surface area contributed by atoms with E-state index in [9.17, 15) is 0 Å².